The third-order valence-corrected chi connectivity index (χ3v) is 23.7. The van der Waals surface area contributed by atoms with Crippen LogP contribution in [0.15, 0.2) is 182 Å². The standard InChI is InChI=1S/C58H60N4O11P4/c1-38-16-11-21-54(43(38)6)69-75(68-53-36-30-50(65)31-37-53)59-74(66-51-32-26-48(63)27-33-51,67-52-34-28-49(64)29-35-52)60-76(70-55-22-12-17-39(2)44(55)7,71-56-23-13-18-40(3)45(56)8)62-77(61-75,72-57-24-14-19-41(4)46(57)9)73-58-25-15-20-42(5)47(58)10/h11-37,63-65H,1-10H3. The van der Waals surface area contributed by atoms with Gasteiger partial charge in [0, 0.05) is 0 Å². The minimum Gasteiger partial charge on any atom is -0.508 e. The van der Waals surface area contributed by atoms with Gasteiger partial charge < -0.3 is 51.5 Å². The topological polar surface area (TPSA) is 184 Å². The fraction of sp³-hybridized carbons (Fsp3) is 0.172. The molecule has 1 aliphatic rings. The maximum atomic E-state index is 10.7. The van der Waals surface area contributed by atoms with Gasteiger partial charge in [-0.05, 0) is 228 Å². The molecule has 9 rings (SSSR count). The smallest absolute Gasteiger partial charge is 0.460 e. The van der Waals surface area contributed by atoms with Gasteiger partial charge in [-0.1, -0.05) is 78.7 Å². The number of hydrogen-bond donors (Lipinski definition) is 3. The Hall–Kier alpha value is -7.52. The van der Waals surface area contributed by atoms with Crippen molar-refractivity contribution in [2.24, 2.45) is 18.1 Å². The normalized spacial score (nSPS) is 16.1. The highest BCUT2D eigenvalue weighted by atomic mass is 31.3. The van der Waals surface area contributed by atoms with E-state index in [-0.39, 0.29) is 34.5 Å². The van der Waals surface area contributed by atoms with Crippen molar-refractivity contribution >= 4 is 30.6 Å². The molecule has 0 spiro atoms. The maximum Gasteiger partial charge on any atom is 0.460 e. The fourth-order valence-electron chi connectivity index (χ4n) is 7.70. The van der Waals surface area contributed by atoms with Crippen LogP contribution in [-0.4, -0.2) is 15.3 Å². The molecule has 398 valence electrons. The molecule has 0 bridgehead atoms. The number of rotatable bonds is 16. The Balaban J connectivity index is 1.57. The first kappa shape index (κ1) is 54.3. The van der Waals surface area contributed by atoms with E-state index in [0.29, 0.717) is 28.7 Å². The molecule has 1 unspecified atom stereocenters. The summed E-state index contributed by atoms with van der Waals surface area (Å²) in [6, 6.07) is 46.0. The van der Waals surface area contributed by atoms with Crippen LogP contribution in [0, 0.1) is 69.2 Å². The van der Waals surface area contributed by atoms with E-state index in [4.69, 9.17) is 54.3 Å². The number of nitrogens with zero attached hydrogens (tertiary/aromatic N) is 4. The zero-order valence-electron chi connectivity index (χ0n) is 44.3. The van der Waals surface area contributed by atoms with Gasteiger partial charge in [-0.2, -0.15) is 0 Å². The molecule has 8 aromatic rings. The molecule has 0 aromatic heterocycles. The molecule has 1 atom stereocenters. The number of benzene rings is 8. The van der Waals surface area contributed by atoms with Crippen molar-refractivity contribution < 1.29 is 51.5 Å². The van der Waals surface area contributed by atoms with Crippen molar-refractivity contribution in [1.82, 2.24) is 0 Å². The Morgan fingerprint density at radius 2 is 0.429 bits per heavy atom. The van der Waals surface area contributed by atoms with Gasteiger partial charge in [0.25, 0.3) is 0 Å². The molecule has 0 aliphatic carbocycles. The third-order valence-electron chi connectivity index (χ3n) is 12.9. The molecule has 0 fully saturated rings. The Labute approximate surface area is 450 Å². The van der Waals surface area contributed by atoms with E-state index < -0.39 is 30.6 Å². The van der Waals surface area contributed by atoms with Gasteiger partial charge in [0.05, 0.1) is 0 Å². The predicted molar refractivity (Wildman–Crippen MR) is 306 cm³/mol. The highest BCUT2D eigenvalue weighted by molar-refractivity contribution is 7.79. The SMILES string of the molecule is Cc1cccc(OP2(Oc3ccc(O)cc3)=NP(Oc3cccc(C)c3C)(Oc3cccc(C)c3C)=NP(Oc3cccc(C)c3C)(Oc3cccc(C)c3C)=NP(Oc3ccc(O)cc3)(Oc3ccc(O)cc3)=N2)c1C. The molecule has 0 saturated heterocycles. The molecule has 19 heteroatoms. The zero-order valence-corrected chi connectivity index (χ0v) is 47.9. The van der Waals surface area contributed by atoms with Crippen molar-refractivity contribution in [2.75, 3.05) is 0 Å². The summed E-state index contributed by atoms with van der Waals surface area (Å²) >= 11 is 0. The number of hydrogen-bond acceptors (Lipinski definition) is 15. The van der Waals surface area contributed by atoms with Gasteiger partial charge in [0.1, 0.15) is 63.2 Å². The monoisotopic (exact) mass is 1110 g/mol. The second-order valence-corrected chi connectivity index (χ2v) is 26.8. The van der Waals surface area contributed by atoms with Crippen LogP contribution in [0.1, 0.15) is 55.6 Å². The molecule has 0 saturated carbocycles. The predicted octanol–water partition coefficient (Wildman–Crippen LogP) is 18.6. The summed E-state index contributed by atoms with van der Waals surface area (Å²) in [5, 5.41) is 31.9. The van der Waals surface area contributed by atoms with E-state index in [1.807, 2.05) is 130 Å². The van der Waals surface area contributed by atoms with Crippen LogP contribution in [0.25, 0.3) is 0 Å². The molecule has 0 radical (unpaired) electrons. The molecule has 8 aromatic carbocycles. The number of aryl methyl sites for hydroxylation is 5. The minimum absolute atomic E-state index is 0.0370. The van der Waals surface area contributed by atoms with Gasteiger partial charge in [-0.25, -0.2) is 0 Å². The fourth-order valence-corrected chi connectivity index (χ4v) is 20.1. The van der Waals surface area contributed by atoms with Gasteiger partial charge in [0.15, 0.2) is 0 Å². The summed E-state index contributed by atoms with van der Waals surface area (Å²) in [5.74, 6) is 1.99. The van der Waals surface area contributed by atoms with Crippen molar-refractivity contribution in [3.63, 3.8) is 0 Å². The molecule has 15 nitrogen and oxygen atoms in total. The molecule has 1 heterocycles. The van der Waals surface area contributed by atoms with Gasteiger partial charge >= 0.3 is 30.6 Å². The van der Waals surface area contributed by atoms with Crippen LogP contribution in [-0.2, 0) is 0 Å². The molecule has 77 heavy (non-hydrogen) atoms. The Kier molecular flexibility index (Phi) is 15.7. The van der Waals surface area contributed by atoms with Crippen molar-refractivity contribution in [3.05, 3.63) is 219 Å². The van der Waals surface area contributed by atoms with Crippen molar-refractivity contribution in [1.29, 1.82) is 0 Å². The first-order valence-electron chi connectivity index (χ1n) is 24.5. The molecule has 0 amide bonds. The van der Waals surface area contributed by atoms with E-state index in [2.05, 4.69) is 0 Å². The van der Waals surface area contributed by atoms with E-state index in [0.717, 1.165) is 55.6 Å². The molecule has 1 aliphatic heterocycles. The van der Waals surface area contributed by atoms with Crippen molar-refractivity contribution in [3.8, 4) is 63.2 Å². The first-order chi connectivity index (χ1) is 36.7. The number of phenols is 3. The lowest BCUT2D eigenvalue weighted by Gasteiger charge is -2.34. The van der Waals surface area contributed by atoms with E-state index >= 15 is 0 Å². The largest absolute Gasteiger partial charge is 0.508 e. The summed E-state index contributed by atoms with van der Waals surface area (Å²) in [4.78, 5) is 0. The second kappa shape index (κ2) is 22.2. The summed E-state index contributed by atoms with van der Waals surface area (Å²) in [6.45, 7) is 19.4. The first-order valence-corrected chi connectivity index (χ1v) is 30.7. The average molecular weight is 1110 g/mol. The van der Waals surface area contributed by atoms with Gasteiger partial charge in [0.2, 0.25) is 0 Å². The van der Waals surface area contributed by atoms with E-state index in [1.165, 1.54) is 60.7 Å². The second-order valence-electron chi connectivity index (χ2n) is 18.5. The lowest BCUT2D eigenvalue weighted by atomic mass is 10.1. The van der Waals surface area contributed by atoms with Crippen LogP contribution in [0.2, 0.25) is 0 Å². The van der Waals surface area contributed by atoms with Crippen LogP contribution in [0.5, 0.6) is 63.2 Å². The van der Waals surface area contributed by atoms with E-state index in [9.17, 15) is 15.3 Å². The summed E-state index contributed by atoms with van der Waals surface area (Å²) in [5.41, 5.74) is 8.16. The lowest BCUT2D eigenvalue weighted by Crippen LogP contribution is -2.12. The quantitative estimate of drug-likeness (QED) is 0.0783. The third kappa shape index (κ3) is 12.4. The Bertz CT molecular complexity index is 3590. The lowest BCUT2D eigenvalue weighted by molar-refractivity contribution is 0.438. The van der Waals surface area contributed by atoms with Crippen LogP contribution >= 0.6 is 30.6 Å². The maximum absolute atomic E-state index is 10.7. The minimum atomic E-state index is -4.72. The number of aromatic hydroxyl groups is 3. The average Bonchev–Trinajstić information content (AvgIpc) is 3.38. The highest BCUT2D eigenvalue weighted by Crippen LogP contribution is 2.79. The summed E-state index contributed by atoms with van der Waals surface area (Å²) in [7, 11) is -18.8. The molecular formula is C58H60N4O11P4. The van der Waals surface area contributed by atoms with Crippen LogP contribution in [0.3, 0.4) is 0 Å². The van der Waals surface area contributed by atoms with Gasteiger partial charge in [-0.3, -0.25) is 0 Å². The Morgan fingerprint density at radius 1 is 0.247 bits per heavy atom. The van der Waals surface area contributed by atoms with Crippen molar-refractivity contribution in [2.45, 2.75) is 69.2 Å². The highest BCUT2D eigenvalue weighted by Gasteiger charge is 2.50. The van der Waals surface area contributed by atoms with Crippen LogP contribution < -0.4 is 36.2 Å². The van der Waals surface area contributed by atoms with Gasteiger partial charge in [-0.15, -0.1) is 0 Å². The summed E-state index contributed by atoms with van der Waals surface area (Å²) in [6.07, 6.45) is 0. The Morgan fingerprint density at radius 3 is 0.636 bits per heavy atom. The van der Waals surface area contributed by atoms with E-state index in [1.54, 1.807) is 42.5 Å². The zero-order chi connectivity index (χ0) is 54.7. The number of phenolic OH excluding ortho intramolecular Hbond substituents is 3. The molecule has 3 N–H and O–H groups in total. The molecular weight excluding hydrogens is 1050 g/mol. The van der Waals surface area contributed by atoms with Crippen LogP contribution in [0.4, 0.5) is 0 Å². The summed E-state index contributed by atoms with van der Waals surface area (Å²) < 4.78 is 81.5.